The Morgan fingerprint density at radius 1 is 1.30 bits per heavy atom. The Hall–Kier alpha value is -2.61. The second-order valence-corrected chi connectivity index (χ2v) is 6.54. The van der Waals surface area contributed by atoms with Crippen molar-refractivity contribution in [1.29, 1.82) is 0 Å². The molecule has 1 aliphatic heterocycles. The molecule has 2 N–H and O–H groups in total. The average Bonchev–Trinajstić information content (AvgIpc) is 3.09. The van der Waals surface area contributed by atoms with E-state index >= 15 is 0 Å². The largest absolute Gasteiger partial charge is 0.497 e. The molecule has 8 nitrogen and oxygen atoms in total. The van der Waals surface area contributed by atoms with Gasteiger partial charge in [0, 0.05) is 33.2 Å². The first-order valence-corrected chi connectivity index (χ1v) is 9.23. The molecule has 0 aliphatic carbocycles. The van der Waals surface area contributed by atoms with Crippen molar-refractivity contribution in [1.82, 2.24) is 25.4 Å². The third-order valence-corrected chi connectivity index (χ3v) is 4.60. The molecule has 2 heterocycles. The maximum atomic E-state index is 5.19. The molecule has 146 valence electrons. The van der Waals surface area contributed by atoms with Crippen LogP contribution >= 0.6 is 0 Å². The highest BCUT2D eigenvalue weighted by Gasteiger charge is 2.22. The molecule has 8 heteroatoms. The van der Waals surface area contributed by atoms with Gasteiger partial charge >= 0.3 is 0 Å². The molecule has 1 aliphatic rings. The monoisotopic (exact) mass is 372 g/mol. The summed E-state index contributed by atoms with van der Waals surface area (Å²) in [7, 11) is 5.13. The number of aliphatic imine (C=N–C) groups is 1. The second kappa shape index (κ2) is 9.36. The van der Waals surface area contributed by atoms with Gasteiger partial charge in [0.25, 0.3) is 0 Å². The van der Waals surface area contributed by atoms with E-state index in [1.165, 1.54) is 5.56 Å². The van der Waals surface area contributed by atoms with Gasteiger partial charge in [0.1, 0.15) is 18.2 Å². The summed E-state index contributed by atoms with van der Waals surface area (Å²) in [5.41, 5.74) is 1.26. The van der Waals surface area contributed by atoms with Crippen molar-refractivity contribution in [2.24, 2.45) is 4.99 Å². The van der Waals surface area contributed by atoms with Crippen molar-refractivity contribution >= 4 is 5.96 Å². The van der Waals surface area contributed by atoms with Crippen LogP contribution in [0.3, 0.4) is 0 Å². The zero-order chi connectivity index (χ0) is 19.1. The van der Waals surface area contributed by atoms with Gasteiger partial charge in [0.05, 0.1) is 13.7 Å². The lowest BCUT2D eigenvalue weighted by molar-refractivity contribution is 0.177. The molecular formula is C19H28N6O2. The van der Waals surface area contributed by atoms with Crippen molar-refractivity contribution < 1.29 is 9.47 Å². The third-order valence-electron chi connectivity index (χ3n) is 4.60. The molecule has 0 saturated carbocycles. The van der Waals surface area contributed by atoms with Gasteiger partial charge in [-0.05, 0) is 30.5 Å². The minimum atomic E-state index is 0.279. The third kappa shape index (κ3) is 5.19. The quantitative estimate of drug-likeness (QED) is 0.560. The van der Waals surface area contributed by atoms with E-state index in [9.17, 15) is 0 Å². The Kier molecular flexibility index (Phi) is 6.64. The molecule has 1 aromatic carbocycles. The molecule has 0 saturated heterocycles. The summed E-state index contributed by atoms with van der Waals surface area (Å²) in [6.07, 6.45) is 2.82. The number of hydrogen-bond donors (Lipinski definition) is 2. The van der Waals surface area contributed by atoms with Crippen LogP contribution in [0.1, 0.15) is 23.6 Å². The van der Waals surface area contributed by atoms with Crippen LogP contribution in [-0.4, -0.2) is 54.6 Å². The van der Waals surface area contributed by atoms with Crippen molar-refractivity contribution in [3.05, 3.63) is 41.5 Å². The summed E-state index contributed by atoms with van der Waals surface area (Å²) in [5, 5.41) is 11.4. The van der Waals surface area contributed by atoms with E-state index in [-0.39, 0.29) is 6.04 Å². The lowest BCUT2D eigenvalue weighted by atomic mass is 10.1. The highest BCUT2D eigenvalue weighted by molar-refractivity contribution is 5.79. The van der Waals surface area contributed by atoms with Crippen molar-refractivity contribution in [3.63, 3.8) is 0 Å². The zero-order valence-electron chi connectivity index (χ0n) is 16.2. The lowest BCUT2D eigenvalue weighted by Crippen LogP contribution is -2.47. The standard InChI is InChI=1S/C19H28N6O2/c1-20-19(21-11-10-14-4-7-16(27-3)8-5-14)22-15-6-9-18-23-17(13-26-2)24-25(18)12-15/h4-5,7-8,15H,6,9-13H2,1-3H3,(H2,20,21,22). The van der Waals surface area contributed by atoms with Crippen molar-refractivity contribution in [2.45, 2.75) is 38.5 Å². The number of ether oxygens (including phenoxy) is 2. The number of nitrogens with zero attached hydrogens (tertiary/aromatic N) is 4. The molecule has 0 amide bonds. The predicted molar refractivity (Wildman–Crippen MR) is 104 cm³/mol. The summed E-state index contributed by atoms with van der Waals surface area (Å²) < 4.78 is 12.3. The van der Waals surface area contributed by atoms with Gasteiger partial charge in [-0.15, -0.1) is 0 Å². The fourth-order valence-corrected chi connectivity index (χ4v) is 3.17. The van der Waals surface area contributed by atoms with Crippen LogP contribution in [-0.2, 0) is 30.7 Å². The number of methoxy groups -OCH3 is 2. The molecule has 0 radical (unpaired) electrons. The molecular weight excluding hydrogens is 344 g/mol. The number of aryl methyl sites for hydroxylation is 1. The number of benzene rings is 1. The average molecular weight is 372 g/mol. The number of nitrogens with one attached hydrogen (secondary N) is 2. The SMILES string of the molecule is CN=C(NCCc1ccc(OC)cc1)NC1CCc2nc(COC)nn2C1. The van der Waals surface area contributed by atoms with Crippen LogP contribution in [0.4, 0.5) is 0 Å². The van der Waals surface area contributed by atoms with E-state index in [2.05, 4.69) is 37.8 Å². The van der Waals surface area contributed by atoms with Crippen molar-refractivity contribution in [3.8, 4) is 5.75 Å². The van der Waals surface area contributed by atoms with E-state index in [1.54, 1.807) is 21.3 Å². The minimum Gasteiger partial charge on any atom is -0.497 e. The normalized spacial score (nSPS) is 16.7. The summed E-state index contributed by atoms with van der Waals surface area (Å²) >= 11 is 0. The first kappa shape index (κ1) is 19.2. The van der Waals surface area contributed by atoms with Crippen LogP contribution in [0.15, 0.2) is 29.3 Å². The second-order valence-electron chi connectivity index (χ2n) is 6.54. The number of rotatable bonds is 7. The highest BCUT2D eigenvalue weighted by atomic mass is 16.5. The first-order chi connectivity index (χ1) is 13.2. The maximum Gasteiger partial charge on any atom is 0.191 e. The Labute approximate surface area is 160 Å². The smallest absolute Gasteiger partial charge is 0.191 e. The Bertz CT molecular complexity index is 756. The van der Waals surface area contributed by atoms with Crippen LogP contribution < -0.4 is 15.4 Å². The van der Waals surface area contributed by atoms with Crippen molar-refractivity contribution in [2.75, 3.05) is 27.8 Å². The molecule has 27 heavy (non-hydrogen) atoms. The molecule has 0 bridgehead atoms. The molecule has 3 rings (SSSR count). The van der Waals surface area contributed by atoms with Gasteiger partial charge < -0.3 is 20.1 Å². The number of guanidine groups is 1. The van der Waals surface area contributed by atoms with Crippen LogP contribution in [0.25, 0.3) is 0 Å². The molecule has 1 unspecified atom stereocenters. The summed E-state index contributed by atoms with van der Waals surface area (Å²) in [6.45, 7) is 2.04. The topological polar surface area (TPSA) is 85.6 Å². The number of fused-ring (bicyclic) bond motifs is 1. The fourth-order valence-electron chi connectivity index (χ4n) is 3.17. The van der Waals surface area contributed by atoms with Crippen LogP contribution in [0.5, 0.6) is 5.75 Å². The maximum absolute atomic E-state index is 5.19. The molecule has 2 aromatic rings. The first-order valence-electron chi connectivity index (χ1n) is 9.23. The summed E-state index contributed by atoms with van der Waals surface area (Å²) in [4.78, 5) is 8.85. The van der Waals surface area contributed by atoms with E-state index in [0.29, 0.717) is 6.61 Å². The van der Waals surface area contributed by atoms with E-state index in [4.69, 9.17) is 9.47 Å². The molecule has 1 aromatic heterocycles. The number of aromatic nitrogens is 3. The Balaban J connectivity index is 1.47. The van der Waals surface area contributed by atoms with Crippen LogP contribution in [0, 0.1) is 0 Å². The van der Waals surface area contributed by atoms with Gasteiger partial charge in [0.2, 0.25) is 0 Å². The summed E-state index contributed by atoms with van der Waals surface area (Å²) in [6, 6.07) is 8.42. The Morgan fingerprint density at radius 3 is 2.81 bits per heavy atom. The predicted octanol–water partition coefficient (Wildman–Crippen LogP) is 1.16. The van der Waals surface area contributed by atoms with Crippen LogP contribution in [0.2, 0.25) is 0 Å². The van der Waals surface area contributed by atoms with Gasteiger partial charge in [-0.1, -0.05) is 12.1 Å². The number of hydrogen-bond acceptors (Lipinski definition) is 5. The van der Waals surface area contributed by atoms with Gasteiger partial charge in [-0.25, -0.2) is 9.67 Å². The molecule has 0 spiro atoms. The lowest BCUT2D eigenvalue weighted by Gasteiger charge is -2.25. The van der Waals surface area contributed by atoms with E-state index < -0.39 is 0 Å². The van der Waals surface area contributed by atoms with E-state index in [1.807, 2.05) is 16.8 Å². The van der Waals surface area contributed by atoms with Gasteiger partial charge in [-0.2, -0.15) is 5.10 Å². The molecule has 1 atom stereocenters. The summed E-state index contributed by atoms with van der Waals surface area (Å²) in [5.74, 6) is 3.47. The zero-order valence-corrected chi connectivity index (χ0v) is 16.2. The van der Waals surface area contributed by atoms with Gasteiger partial charge in [0.15, 0.2) is 11.8 Å². The fraction of sp³-hybridized carbons (Fsp3) is 0.526. The van der Waals surface area contributed by atoms with Gasteiger partial charge in [-0.3, -0.25) is 4.99 Å². The minimum absolute atomic E-state index is 0.279. The van der Waals surface area contributed by atoms with E-state index in [0.717, 1.165) is 55.7 Å². The molecule has 0 fully saturated rings. The Morgan fingerprint density at radius 2 is 2.11 bits per heavy atom. The highest BCUT2D eigenvalue weighted by Crippen LogP contribution is 2.14.